The molecule has 2 atom stereocenters. The third-order valence-corrected chi connectivity index (χ3v) is 5.49. The Morgan fingerprint density at radius 2 is 1.96 bits per heavy atom. The van der Waals surface area contributed by atoms with Gasteiger partial charge in [-0.15, -0.1) is 0 Å². The van der Waals surface area contributed by atoms with Crippen LogP contribution in [-0.4, -0.2) is 41.5 Å². The molecule has 1 fully saturated rings. The van der Waals surface area contributed by atoms with Gasteiger partial charge in [-0.2, -0.15) is 0 Å². The lowest BCUT2D eigenvalue weighted by Crippen LogP contribution is -2.28. The molecular formula is C21H31NO5. The third-order valence-electron chi connectivity index (χ3n) is 5.49. The monoisotopic (exact) mass is 377 g/mol. The van der Waals surface area contributed by atoms with E-state index < -0.39 is 11.7 Å². The zero-order valence-corrected chi connectivity index (χ0v) is 16.1. The van der Waals surface area contributed by atoms with Crippen LogP contribution < -0.4 is 14.8 Å². The van der Waals surface area contributed by atoms with Crippen LogP contribution in [0.4, 0.5) is 0 Å². The molecule has 0 radical (unpaired) electrons. The first-order valence-corrected chi connectivity index (χ1v) is 10.0. The van der Waals surface area contributed by atoms with Crippen molar-refractivity contribution in [3.05, 3.63) is 23.8 Å². The van der Waals surface area contributed by atoms with Crippen LogP contribution in [0.15, 0.2) is 18.2 Å². The Hall–Kier alpha value is -1.79. The molecule has 2 aliphatic rings. The van der Waals surface area contributed by atoms with E-state index in [4.69, 9.17) is 9.47 Å². The molecule has 0 aromatic heterocycles. The summed E-state index contributed by atoms with van der Waals surface area (Å²) in [5.74, 6) is 1.73. The zero-order chi connectivity index (χ0) is 19.3. The summed E-state index contributed by atoms with van der Waals surface area (Å²) in [6.07, 6.45) is 5.42. The molecule has 1 aliphatic carbocycles. The van der Waals surface area contributed by atoms with Crippen LogP contribution in [-0.2, 0) is 4.79 Å². The summed E-state index contributed by atoms with van der Waals surface area (Å²) in [5.41, 5.74) is 0.164. The third kappa shape index (κ3) is 5.84. The topological polar surface area (TPSA) is 88.0 Å². The first kappa shape index (κ1) is 20.0. The van der Waals surface area contributed by atoms with E-state index in [2.05, 4.69) is 5.32 Å². The molecule has 2 unspecified atom stereocenters. The Labute approximate surface area is 160 Å². The van der Waals surface area contributed by atoms with Crippen molar-refractivity contribution in [1.82, 2.24) is 5.32 Å². The van der Waals surface area contributed by atoms with Crippen molar-refractivity contribution in [3.8, 4) is 11.5 Å². The van der Waals surface area contributed by atoms with Crippen LogP contribution in [0.5, 0.6) is 11.5 Å². The molecular weight excluding hydrogens is 346 g/mol. The summed E-state index contributed by atoms with van der Waals surface area (Å²) in [4.78, 5) is 12.0. The van der Waals surface area contributed by atoms with Crippen molar-refractivity contribution in [2.75, 3.05) is 19.8 Å². The van der Waals surface area contributed by atoms with Gasteiger partial charge in [0.1, 0.15) is 13.2 Å². The molecule has 3 rings (SSSR count). The highest BCUT2D eigenvalue weighted by atomic mass is 16.6. The highest BCUT2D eigenvalue weighted by molar-refractivity contribution is 5.75. The lowest BCUT2D eigenvalue weighted by molar-refractivity contribution is -0.121. The van der Waals surface area contributed by atoms with Crippen LogP contribution in [0.2, 0.25) is 0 Å². The summed E-state index contributed by atoms with van der Waals surface area (Å²) in [6.45, 7) is 3.13. The number of carbonyl (C=O) groups is 1. The highest BCUT2D eigenvalue weighted by Gasteiger charge is 2.39. The number of aliphatic hydroxyl groups excluding tert-OH is 1. The van der Waals surface area contributed by atoms with Gasteiger partial charge in [0, 0.05) is 13.0 Å². The fraction of sp³-hybridized carbons (Fsp3) is 0.667. The van der Waals surface area contributed by atoms with E-state index in [0.717, 1.165) is 38.5 Å². The summed E-state index contributed by atoms with van der Waals surface area (Å²) in [6, 6.07) is 5.33. The number of hydrogen-bond acceptors (Lipinski definition) is 5. The number of ether oxygens (including phenoxy) is 2. The minimum atomic E-state index is -0.779. The fourth-order valence-electron chi connectivity index (χ4n) is 3.54. The van der Waals surface area contributed by atoms with E-state index in [9.17, 15) is 15.0 Å². The van der Waals surface area contributed by atoms with Crippen molar-refractivity contribution in [1.29, 1.82) is 0 Å². The number of nitrogens with one attached hydrogen (secondary N) is 1. The Morgan fingerprint density at radius 1 is 1.22 bits per heavy atom. The highest BCUT2D eigenvalue weighted by Crippen LogP contribution is 2.42. The average molecular weight is 377 g/mol. The summed E-state index contributed by atoms with van der Waals surface area (Å²) < 4.78 is 11.0. The van der Waals surface area contributed by atoms with Gasteiger partial charge in [-0.05, 0) is 56.2 Å². The molecule has 1 aromatic carbocycles. The minimum Gasteiger partial charge on any atom is -0.486 e. The maximum Gasteiger partial charge on any atom is 0.220 e. The van der Waals surface area contributed by atoms with Crippen LogP contribution >= 0.6 is 0 Å². The van der Waals surface area contributed by atoms with Crippen LogP contribution in [0.1, 0.15) is 63.5 Å². The molecule has 27 heavy (non-hydrogen) atoms. The Kier molecular flexibility index (Phi) is 6.60. The molecule has 3 N–H and O–H groups in total. The van der Waals surface area contributed by atoms with E-state index in [-0.39, 0.29) is 12.5 Å². The van der Waals surface area contributed by atoms with Gasteiger partial charge in [-0.1, -0.05) is 18.9 Å². The zero-order valence-electron chi connectivity index (χ0n) is 16.1. The van der Waals surface area contributed by atoms with E-state index in [1.54, 1.807) is 18.2 Å². The van der Waals surface area contributed by atoms with Crippen molar-refractivity contribution < 1.29 is 24.5 Å². The molecule has 1 aliphatic heterocycles. The number of hydrogen-bond donors (Lipinski definition) is 3. The maximum atomic E-state index is 12.0. The van der Waals surface area contributed by atoms with Crippen molar-refractivity contribution in [3.63, 3.8) is 0 Å². The summed E-state index contributed by atoms with van der Waals surface area (Å²) in [7, 11) is 0. The van der Waals surface area contributed by atoms with Crippen molar-refractivity contribution in [2.24, 2.45) is 5.92 Å². The number of carbonyl (C=O) groups excluding carboxylic acids is 1. The average Bonchev–Trinajstić information content (AvgIpc) is 3.51. The van der Waals surface area contributed by atoms with Gasteiger partial charge in [0.25, 0.3) is 0 Å². The van der Waals surface area contributed by atoms with Crippen LogP contribution in [0.25, 0.3) is 0 Å². The molecule has 0 bridgehead atoms. The Morgan fingerprint density at radius 3 is 2.70 bits per heavy atom. The van der Waals surface area contributed by atoms with Gasteiger partial charge in [-0.3, -0.25) is 4.79 Å². The SMILES string of the molecule is CC(O)(CCCCCC(=O)NCC(O)c1ccc2c(c1)OCCO2)C1CC1. The van der Waals surface area contributed by atoms with Gasteiger partial charge in [-0.25, -0.2) is 0 Å². The van der Waals surface area contributed by atoms with E-state index in [1.807, 2.05) is 6.92 Å². The lowest BCUT2D eigenvalue weighted by atomic mass is 9.93. The molecule has 0 spiro atoms. The van der Waals surface area contributed by atoms with Crippen LogP contribution in [0, 0.1) is 5.92 Å². The molecule has 6 nitrogen and oxygen atoms in total. The second-order valence-electron chi connectivity index (χ2n) is 7.92. The quantitative estimate of drug-likeness (QED) is 0.546. The molecule has 6 heteroatoms. The molecule has 1 amide bonds. The first-order valence-electron chi connectivity index (χ1n) is 10.0. The standard InChI is InChI=1S/C21H31NO5/c1-21(25,16-7-8-16)10-4-2-3-5-20(24)22-14-17(23)15-6-9-18-19(13-15)27-12-11-26-18/h6,9,13,16-17,23,25H,2-5,7-8,10-12,14H2,1H3,(H,22,24). The molecule has 1 saturated carbocycles. The summed E-state index contributed by atoms with van der Waals surface area (Å²) >= 11 is 0. The number of benzene rings is 1. The van der Waals surface area contributed by atoms with Crippen molar-refractivity contribution in [2.45, 2.75) is 63.6 Å². The van der Waals surface area contributed by atoms with Gasteiger partial charge in [0.15, 0.2) is 11.5 Å². The Balaban J connectivity index is 1.31. The first-order chi connectivity index (χ1) is 13.0. The van der Waals surface area contributed by atoms with Crippen LogP contribution in [0.3, 0.4) is 0 Å². The van der Waals surface area contributed by atoms with Gasteiger partial charge in [0.05, 0.1) is 11.7 Å². The normalized spacial score (nSPS) is 19.2. The summed E-state index contributed by atoms with van der Waals surface area (Å²) in [5, 5.41) is 23.3. The molecule has 0 saturated heterocycles. The predicted molar refractivity (Wildman–Crippen MR) is 102 cm³/mol. The van der Waals surface area contributed by atoms with E-state index in [1.165, 1.54) is 0 Å². The molecule has 150 valence electrons. The van der Waals surface area contributed by atoms with Gasteiger partial charge in [0.2, 0.25) is 5.91 Å². The van der Waals surface area contributed by atoms with Gasteiger partial charge < -0.3 is 25.0 Å². The van der Waals surface area contributed by atoms with E-state index in [0.29, 0.717) is 42.6 Å². The van der Waals surface area contributed by atoms with Crippen molar-refractivity contribution >= 4 is 5.91 Å². The smallest absolute Gasteiger partial charge is 0.220 e. The number of unbranched alkanes of at least 4 members (excludes halogenated alkanes) is 2. The number of amides is 1. The largest absolute Gasteiger partial charge is 0.486 e. The molecule has 1 heterocycles. The maximum absolute atomic E-state index is 12.0. The number of rotatable bonds is 10. The lowest BCUT2D eigenvalue weighted by Gasteiger charge is -2.22. The number of fused-ring (bicyclic) bond motifs is 1. The van der Waals surface area contributed by atoms with E-state index >= 15 is 0 Å². The minimum absolute atomic E-state index is 0.0550. The number of aliphatic hydroxyl groups is 2. The Bertz CT molecular complexity index is 641. The fourth-order valence-corrected chi connectivity index (χ4v) is 3.54. The molecule has 1 aromatic rings. The predicted octanol–water partition coefficient (Wildman–Crippen LogP) is 2.72. The second-order valence-corrected chi connectivity index (χ2v) is 7.92. The second kappa shape index (κ2) is 8.93. The van der Waals surface area contributed by atoms with Gasteiger partial charge >= 0.3 is 0 Å².